The monoisotopic (exact) mass is 439 g/mol. The van der Waals surface area contributed by atoms with Crippen molar-refractivity contribution < 1.29 is 19.4 Å². The SMILES string of the molecule is COc1ccc(Cl)cc1/C(O)=C1/C(=O)C(=O)N(c2ccc(C)cc2)C1c1cccs1. The topological polar surface area (TPSA) is 66.8 Å². The van der Waals surface area contributed by atoms with Crippen LogP contribution in [0, 0.1) is 6.92 Å². The fourth-order valence-corrected chi connectivity index (χ4v) is 4.53. The van der Waals surface area contributed by atoms with Crippen molar-refractivity contribution in [2.24, 2.45) is 0 Å². The first-order valence-electron chi connectivity index (χ1n) is 9.17. The molecule has 2 aromatic carbocycles. The van der Waals surface area contributed by atoms with Crippen molar-refractivity contribution >= 4 is 46.1 Å². The van der Waals surface area contributed by atoms with Crippen LogP contribution in [-0.2, 0) is 9.59 Å². The molecule has 1 amide bonds. The summed E-state index contributed by atoms with van der Waals surface area (Å²) in [6.07, 6.45) is 0. The van der Waals surface area contributed by atoms with E-state index in [-0.39, 0.29) is 16.9 Å². The molecule has 2 heterocycles. The quantitative estimate of drug-likeness (QED) is 0.338. The molecule has 0 spiro atoms. The molecule has 3 aromatic rings. The predicted molar refractivity (Wildman–Crippen MR) is 118 cm³/mol. The van der Waals surface area contributed by atoms with Gasteiger partial charge in [0.15, 0.2) is 0 Å². The summed E-state index contributed by atoms with van der Waals surface area (Å²) in [5, 5.41) is 13.4. The smallest absolute Gasteiger partial charge is 0.300 e. The summed E-state index contributed by atoms with van der Waals surface area (Å²) in [7, 11) is 1.46. The lowest BCUT2D eigenvalue weighted by Crippen LogP contribution is -2.29. The van der Waals surface area contributed by atoms with E-state index in [0.717, 1.165) is 10.4 Å². The van der Waals surface area contributed by atoms with Crippen LogP contribution in [-0.4, -0.2) is 23.9 Å². The molecule has 5 nitrogen and oxygen atoms in total. The zero-order valence-electron chi connectivity index (χ0n) is 16.3. The number of hydrogen-bond acceptors (Lipinski definition) is 5. The van der Waals surface area contributed by atoms with Gasteiger partial charge in [-0.3, -0.25) is 14.5 Å². The summed E-state index contributed by atoms with van der Waals surface area (Å²) < 4.78 is 5.33. The minimum absolute atomic E-state index is 0.00333. The van der Waals surface area contributed by atoms with Crippen molar-refractivity contribution in [3.05, 3.63) is 86.6 Å². The summed E-state index contributed by atoms with van der Waals surface area (Å²) in [6, 6.07) is 15.0. The molecular weight excluding hydrogens is 422 g/mol. The zero-order chi connectivity index (χ0) is 21.4. The van der Waals surface area contributed by atoms with E-state index in [1.807, 2.05) is 36.6 Å². The first kappa shape index (κ1) is 20.2. The number of amides is 1. The molecule has 0 saturated carbocycles. The maximum absolute atomic E-state index is 13.1. The van der Waals surface area contributed by atoms with Crippen molar-refractivity contribution in [3.63, 3.8) is 0 Å². The molecule has 152 valence electrons. The largest absolute Gasteiger partial charge is 0.507 e. The molecule has 1 saturated heterocycles. The van der Waals surface area contributed by atoms with E-state index in [9.17, 15) is 14.7 Å². The summed E-state index contributed by atoms with van der Waals surface area (Å²) in [5.41, 5.74) is 1.88. The Morgan fingerprint density at radius 2 is 1.87 bits per heavy atom. The zero-order valence-corrected chi connectivity index (χ0v) is 17.8. The number of aliphatic hydroxyl groups excluding tert-OH is 1. The van der Waals surface area contributed by atoms with E-state index < -0.39 is 17.7 Å². The van der Waals surface area contributed by atoms with Crippen molar-refractivity contribution in [3.8, 4) is 5.75 Å². The molecule has 1 fully saturated rings. The van der Waals surface area contributed by atoms with Crippen LogP contribution in [0.3, 0.4) is 0 Å². The van der Waals surface area contributed by atoms with Gasteiger partial charge in [-0.1, -0.05) is 35.4 Å². The Kier molecular flexibility index (Phi) is 5.37. The van der Waals surface area contributed by atoms with E-state index in [1.165, 1.54) is 29.4 Å². The predicted octanol–water partition coefficient (Wildman–Crippen LogP) is 5.34. The van der Waals surface area contributed by atoms with Gasteiger partial charge in [0.05, 0.1) is 18.2 Å². The number of ketones is 1. The van der Waals surface area contributed by atoms with Crippen LogP contribution >= 0.6 is 22.9 Å². The van der Waals surface area contributed by atoms with Gasteiger partial charge in [0, 0.05) is 15.6 Å². The molecule has 1 N–H and O–H groups in total. The number of rotatable bonds is 4. The normalized spacial score (nSPS) is 18.1. The molecule has 7 heteroatoms. The second kappa shape index (κ2) is 7.97. The third kappa shape index (κ3) is 3.38. The number of thiophene rings is 1. The van der Waals surface area contributed by atoms with Gasteiger partial charge in [-0.25, -0.2) is 0 Å². The second-order valence-electron chi connectivity index (χ2n) is 6.86. The first-order chi connectivity index (χ1) is 14.4. The second-order valence-corrected chi connectivity index (χ2v) is 8.28. The van der Waals surface area contributed by atoms with Crippen LogP contribution < -0.4 is 9.64 Å². The van der Waals surface area contributed by atoms with Crippen LogP contribution in [0.15, 0.2) is 65.6 Å². The Balaban J connectivity index is 1.95. The van der Waals surface area contributed by atoms with E-state index in [4.69, 9.17) is 16.3 Å². The number of hydrogen-bond donors (Lipinski definition) is 1. The van der Waals surface area contributed by atoms with Crippen LogP contribution in [0.25, 0.3) is 5.76 Å². The maximum Gasteiger partial charge on any atom is 0.300 e. The van der Waals surface area contributed by atoms with Gasteiger partial charge in [0.2, 0.25) is 0 Å². The number of methoxy groups -OCH3 is 1. The highest BCUT2D eigenvalue weighted by atomic mass is 35.5. The standard InChI is InChI=1S/C23H18ClNO4S/c1-13-5-8-15(9-6-13)25-20(18-4-3-11-30-18)19(22(27)23(25)28)21(26)16-12-14(24)7-10-17(16)29-2/h3-12,20,26H,1-2H3/b21-19-. The van der Waals surface area contributed by atoms with Gasteiger partial charge >= 0.3 is 0 Å². The highest BCUT2D eigenvalue weighted by Gasteiger charge is 2.47. The van der Waals surface area contributed by atoms with E-state index in [2.05, 4.69) is 0 Å². The molecule has 1 aliphatic heterocycles. The average Bonchev–Trinajstić information content (AvgIpc) is 3.35. The lowest BCUT2D eigenvalue weighted by molar-refractivity contribution is -0.132. The highest BCUT2D eigenvalue weighted by Crippen LogP contribution is 2.44. The number of anilines is 1. The summed E-state index contributed by atoms with van der Waals surface area (Å²) >= 11 is 7.52. The Bertz CT molecular complexity index is 1150. The van der Waals surface area contributed by atoms with Gasteiger partial charge in [0.1, 0.15) is 17.6 Å². The van der Waals surface area contributed by atoms with Crippen LogP contribution in [0.2, 0.25) is 5.02 Å². The van der Waals surface area contributed by atoms with Crippen molar-refractivity contribution in [1.29, 1.82) is 0 Å². The molecule has 1 aliphatic rings. The molecule has 30 heavy (non-hydrogen) atoms. The minimum Gasteiger partial charge on any atom is -0.507 e. The van der Waals surface area contributed by atoms with Crippen molar-refractivity contribution in [2.45, 2.75) is 13.0 Å². The van der Waals surface area contributed by atoms with Gasteiger partial charge in [-0.15, -0.1) is 11.3 Å². The number of ether oxygens (including phenoxy) is 1. The van der Waals surface area contributed by atoms with Crippen LogP contribution in [0.5, 0.6) is 5.75 Å². The third-order valence-corrected chi connectivity index (χ3v) is 6.15. The third-order valence-electron chi connectivity index (χ3n) is 4.99. The Hall–Kier alpha value is -3.09. The van der Waals surface area contributed by atoms with Crippen molar-refractivity contribution in [2.75, 3.05) is 12.0 Å². The number of carbonyl (C=O) groups excluding carboxylic acids is 2. The molecule has 1 unspecified atom stereocenters. The number of nitrogens with zero attached hydrogens (tertiary/aromatic N) is 1. The summed E-state index contributed by atoms with van der Waals surface area (Å²) in [5.74, 6) is -1.42. The Morgan fingerprint density at radius 1 is 1.13 bits per heavy atom. The van der Waals surface area contributed by atoms with E-state index in [1.54, 1.807) is 24.3 Å². The lowest BCUT2D eigenvalue weighted by atomic mass is 9.99. The number of aliphatic hydroxyl groups is 1. The van der Waals surface area contributed by atoms with Gasteiger partial charge < -0.3 is 9.84 Å². The Labute approximate surface area is 182 Å². The average molecular weight is 440 g/mol. The Morgan fingerprint density at radius 3 is 2.50 bits per heavy atom. The summed E-state index contributed by atoms with van der Waals surface area (Å²) in [6.45, 7) is 1.94. The molecule has 1 atom stereocenters. The van der Waals surface area contributed by atoms with Crippen LogP contribution in [0.4, 0.5) is 5.69 Å². The highest BCUT2D eigenvalue weighted by molar-refractivity contribution is 7.10. The van der Waals surface area contributed by atoms with E-state index in [0.29, 0.717) is 16.5 Å². The molecular formula is C23H18ClNO4S. The van der Waals surface area contributed by atoms with Gasteiger partial charge in [-0.05, 0) is 48.7 Å². The fourth-order valence-electron chi connectivity index (χ4n) is 3.53. The molecule has 4 rings (SSSR count). The summed E-state index contributed by atoms with van der Waals surface area (Å²) in [4.78, 5) is 28.3. The number of Topliss-reactive ketones (excluding diaryl/α,β-unsaturated/α-hetero) is 1. The number of halogens is 1. The van der Waals surface area contributed by atoms with Gasteiger partial charge in [0.25, 0.3) is 11.7 Å². The number of benzene rings is 2. The lowest BCUT2D eigenvalue weighted by Gasteiger charge is -2.24. The number of carbonyl (C=O) groups is 2. The fraction of sp³-hybridized carbons (Fsp3) is 0.130. The molecule has 0 aliphatic carbocycles. The number of aryl methyl sites for hydroxylation is 1. The molecule has 0 radical (unpaired) electrons. The van der Waals surface area contributed by atoms with Gasteiger partial charge in [-0.2, -0.15) is 0 Å². The minimum atomic E-state index is -0.756. The van der Waals surface area contributed by atoms with Crippen LogP contribution in [0.1, 0.15) is 22.0 Å². The molecule has 1 aromatic heterocycles. The van der Waals surface area contributed by atoms with E-state index >= 15 is 0 Å². The molecule has 0 bridgehead atoms. The maximum atomic E-state index is 13.1. The first-order valence-corrected chi connectivity index (χ1v) is 10.4. The van der Waals surface area contributed by atoms with Crippen molar-refractivity contribution in [1.82, 2.24) is 0 Å².